The van der Waals surface area contributed by atoms with Gasteiger partial charge in [-0.1, -0.05) is 13.0 Å². The number of rotatable bonds is 10. The summed E-state index contributed by atoms with van der Waals surface area (Å²) in [5.74, 6) is 2.41. The lowest BCUT2D eigenvalue weighted by Crippen LogP contribution is -2.47. The molecule has 2 N–H and O–H groups in total. The van der Waals surface area contributed by atoms with E-state index < -0.39 is 0 Å². The molecule has 1 aromatic carbocycles. The molecular weight excluding hydrogens is 354 g/mol. The highest BCUT2D eigenvalue weighted by atomic mass is 16.5. The van der Waals surface area contributed by atoms with Crippen molar-refractivity contribution in [2.45, 2.75) is 20.3 Å². The number of nitrogens with zero attached hydrogens (tertiary/aromatic N) is 3. The van der Waals surface area contributed by atoms with E-state index in [4.69, 9.17) is 14.5 Å². The molecule has 1 saturated heterocycles. The summed E-state index contributed by atoms with van der Waals surface area (Å²) in [5, 5.41) is 6.76. The number of hydrogen-bond acceptors (Lipinski definition) is 5. The van der Waals surface area contributed by atoms with Crippen LogP contribution in [0.25, 0.3) is 0 Å². The standard InChI is InChI=1S/C21H37N5O2/c1-5-22-21(24-11-12-26-15-13-25(6-2)14-16-26)23-10-9-18-7-8-19(27-3)20(17-18)28-4/h7-8,17H,5-6,9-16H2,1-4H3,(H2,22,23,24). The predicted molar refractivity (Wildman–Crippen MR) is 116 cm³/mol. The van der Waals surface area contributed by atoms with Crippen LogP contribution in [-0.4, -0.2) is 88.9 Å². The molecule has 0 spiro atoms. The highest BCUT2D eigenvalue weighted by Crippen LogP contribution is 2.27. The Morgan fingerprint density at radius 1 is 1.00 bits per heavy atom. The van der Waals surface area contributed by atoms with Crippen LogP contribution in [0.15, 0.2) is 23.2 Å². The SMILES string of the molecule is CCNC(=NCCN1CCN(CC)CC1)NCCc1ccc(OC)c(OC)c1. The molecule has 1 aromatic rings. The van der Waals surface area contributed by atoms with Crippen LogP contribution < -0.4 is 20.1 Å². The maximum Gasteiger partial charge on any atom is 0.191 e. The van der Waals surface area contributed by atoms with Crippen molar-refractivity contribution >= 4 is 5.96 Å². The Balaban J connectivity index is 1.76. The highest BCUT2D eigenvalue weighted by molar-refractivity contribution is 5.79. The minimum Gasteiger partial charge on any atom is -0.493 e. The number of methoxy groups -OCH3 is 2. The molecule has 1 aliphatic rings. The minimum absolute atomic E-state index is 0.758. The zero-order chi connectivity index (χ0) is 20.2. The first-order valence-corrected chi connectivity index (χ1v) is 10.4. The molecule has 0 saturated carbocycles. The van der Waals surface area contributed by atoms with Gasteiger partial charge in [0, 0.05) is 45.8 Å². The van der Waals surface area contributed by atoms with Crippen LogP contribution in [0.2, 0.25) is 0 Å². The zero-order valence-electron chi connectivity index (χ0n) is 18.0. The van der Waals surface area contributed by atoms with Gasteiger partial charge in [-0.15, -0.1) is 0 Å². The largest absolute Gasteiger partial charge is 0.493 e. The van der Waals surface area contributed by atoms with Crippen molar-refractivity contribution in [3.8, 4) is 11.5 Å². The molecule has 0 radical (unpaired) electrons. The van der Waals surface area contributed by atoms with E-state index in [2.05, 4.69) is 40.3 Å². The van der Waals surface area contributed by atoms with Gasteiger partial charge < -0.3 is 25.0 Å². The number of hydrogen-bond donors (Lipinski definition) is 2. The minimum atomic E-state index is 0.758. The number of piperazine rings is 1. The van der Waals surface area contributed by atoms with Crippen LogP contribution in [0.3, 0.4) is 0 Å². The molecule has 158 valence electrons. The predicted octanol–water partition coefficient (Wildman–Crippen LogP) is 1.44. The van der Waals surface area contributed by atoms with Crippen molar-refractivity contribution in [1.29, 1.82) is 0 Å². The van der Waals surface area contributed by atoms with Gasteiger partial charge in [-0.05, 0) is 37.6 Å². The van der Waals surface area contributed by atoms with Crippen LogP contribution in [-0.2, 0) is 6.42 Å². The maximum atomic E-state index is 5.38. The number of guanidine groups is 1. The Kier molecular flexibility index (Phi) is 9.93. The van der Waals surface area contributed by atoms with Crippen molar-refractivity contribution in [3.05, 3.63) is 23.8 Å². The van der Waals surface area contributed by atoms with Gasteiger partial charge in [0.1, 0.15) is 0 Å². The lowest BCUT2D eigenvalue weighted by Gasteiger charge is -2.33. The van der Waals surface area contributed by atoms with Gasteiger partial charge in [0.05, 0.1) is 20.8 Å². The van der Waals surface area contributed by atoms with Gasteiger partial charge in [-0.2, -0.15) is 0 Å². The Morgan fingerprint density at radius 3 is 2.36 bits per heavy atom. The van der Waals surface area contributed by atoms with E-state index in [1.165, 1.54) is 18.7 Å². The monoisotopic (exact) mass is 391 g/mol. The number of likely N-dealkylation sites (N-methyl/N-ethyl adjacent to an activating group) is 1. The Hall–Kier alpha value is -1.99. The molecule has 0 bridgehead atoms. The van der Waals surface area contributed by atoms with E-state index in [9.17, 15) is 0 Å². The van der Waals surface area contributed by atoms with Gasteiger partial charge in [0.25, 0.3) is 0 Å². The van der Waals surface area contributed by atoms with Gasteiger partial charge in [0.2, 0.25) is 0 Å². The Morgan fingerprint density at radius 2 is 1.71 bits per heavy atom. The first-order chi connectivity index (χ1) is 13.7. The van der Waals surface area contributed by atoms with Crippen LogP contribution in [0.1, 0.15) is 19.4 Å². The molecule has 1 fully saturated rings. The summed E-state index contributed by atoms with van der Waals surface area (Å²) in [7, 11) is 3.32. The van der Waals surface area contributed by atoms with Crippen LogP contribution in [0.4, 0.5) is 0 Å². The molecule has 0 aliphatic carbocycles. The summed E-state index contributed by atoms with van der Waals surface area (Å²) in [6, 6.07) is 6.05. The second kappa shape index (κ2) is 12.5. The normalized spacial score (nSPS) is 16.1. The molecule has 28 heavy (non-hydrogen) atoms. The number of aliphatic imine (C=N–C) groups is 1. The van der Waals surface area contributed by atoms with E-state index >= 15 is 0 Å². The fourth-order valence-corrected chi connectivity index (χ4v) is 3.34. The molecule has 7 nitrogen and oxygen atoms in total. The molecule has 2 rings (SSSR count). The van der Waals surface area contributed by atoms with Gasteiger partial charge in [-0.3, -0.25) is 9.89 Å². The van der Waals surface area contributed by atoms with E-state index in [1.807, 2.05) is 12.1 Å². The van der Waals surface area contributed by atoms with Crippen LogP contribution >= 0.6 is 0 Å². The topological polar surface area (TPSA) is 61.4 Å². The average Bonchev–Trinajstić information content (AvgIpc) is 2.74. The van der Waals surface area contributed by atoms with Crippen molar-refractivity contribution in [2.75, 3.05) is 73.1 Å². The quantitative estimate of drug-likeness (QED) is 0.465. The summed E-state index contributed by atoms with van der Waals surface area (Å²) < 4.78 is 10.7. The molecular formula is C21H37N5O2. The number of nitrogens with one attached hydrogen (secondary N) is 2. The third kappa shape index (κ3) is 7.20. The summed E-state index contributed by atoms with van der Waals surface area (Å²) in [4.78, 5) is 9.74. The molecule has 0 amide bonds. The van der Waals surface area contributed by atoms with E-state index in [0.717, 1.165) is 69.7 Å². The summed E-state index contributed by atoms with van der Waals surface area (Å²) in [6.45, 7) is 13.6. The van der Waals surface area contributed by atoms with Gasteiger partial charge in [0.15, 0.2) is 17.5 Å². The molecule has 7 heteroatoms. The summed E-state index contributed by atoms with van der Waals surface area (Å²) in [5.41, 5.74) is 1.20. The fraction of sp³-hybridized carbons (Fsp3) is 0.667. The average molecular weight is 392 g/mol. The third-order valence-electron chi connectivity index (χ3n) is 5.10. The fourth-order valence-electron chi connectivity index (χ4n) is 3.34. The van der Waals surface area contributed by atoms with Gasteiger partial charge in [-0.25, -0.2) is 0 Å². The third-order valence-corrected chi connectivity index (χ3v) is 5.10. The van der Waals surface area contributed by atoms with Crippen molar-refractivity contribution in [1.82, 2.24) is 20.4 Å². The van der Waals surface area contributed by atoms with Crippen molar-refractivity contribution in [2.24, 2.45) is 4.99 Å². The maximum absolute atomic E-state index is 5.38. The zero-order valence-corrected chi connectivity index (χ0v) is 18.0. The first kappa shape index (κ1) is 22.3. The number of benzene rings is 1. The Bertz CT molecular complexity index is 600. The lowest BCUT2D eigenvalue weighted by molar-refractivity contribution is 0.140. The van der Waals surface area contributed by atoms with Crippen molar-refractivity contribution in [3.63, 3.8) is 0 Å². The summed E-state index contributed by atoms with van der Waals surface area (Å²) >= 11 is 0. The molecule has 0 aromatic heterocycles. The molecule has 0 unspecified atom stereocenters. The van der Waals surface area contributed by atoms with E-state index in [-0.39, 0.29) is 0 Å². The number of ether oxygens (including phenoxy) is 2. The van der Waals surface area contributed by atoms with Crippen molar-refractivity contribution < 1.29 is 9.47 Å². The van der Waals surface area contributed by atoms with E-state index in [0.29, 0.717) is 0 Å². The Labute approximate surface area is 170 Å². The van der Waals surface area contributed by atoms with E-state index in [1.54, 1.807) is 14.2 Å². The molecule has 0 atom stereocenters. The van der Waals surface area contributed by atoms with Crippen LogP contribution in [0.5, 0.6) is 11.5 Å². The molecule has 1 aliphatic heterocycles. The first-order valence-electron chi connectivity index (χ1n) is 10.4. The van der Waals surface area contributed by atoms with Crippen LogP contribution in [0, 0.1) is 0 Å². The second-order valence-corrected chi connectivity index (χ2v) is 6.90. The smallest absolute Gasteiger partial charge is 0.191 e. The highest BCUT2D eigenvalue weighted by Gasteiger charge is 2.14. The lowest BCUT2D eigenvalue weighted by atomic mass is 10.1. The molecule has 1 heterocycles. The summed E-state index contributed by atoms with van der Waals surface area (Å²) in [6.07, 6.45) is 0.893. The second-order valence-electron chi connectivity index (χ2n) is 6.90. The van der Waals surface area contributed by atoms with Gasteiger partial charge >= 0.3 is 0 Å².